The number of benzene rings is 2. The Morgan fingerprint density at radius 2 is 1.79 bits per heavy atom. The number of anilines is 1. The lowest BCUT2D eigenvalue weighted by molar-refractivity contribution is 0.0962. The van der Waals surface area contributed by atoms with E-state index < -0.39 is 5.91 Å². The van der Waals surface area contributed by atoms with Crippen molar-refractivity contribution in [2.75, 3.05) is 5.43 Å². The molecular weight excluding hydrogens is 423 g/mol. The van der Waals surface area contributed by atoms with E-state index in [4.69, 9.17) is 34.8 Å². The monoisotopic (exact) mass is 432 g/mol. The number of carbonyl (C=O) groups excluding carboxylic acids is 1. The van der Waals surface area contributed by atoms with Gasteiger partial charge in [-0.3, -0.25) is 15.6 Å². The molecule has 0 atom stereocenters. The Balaban J connectivity index is 1.62. The Morgan fingerprint density at radius 3 is 2.57 bits per heavy atom. The van der Waals surface area contributed by atoms with Gasteiger partial charge in [-0.15, -0.1) is 0 Å². The predicted molar refractivity (Wildman–Crippen MR) is 109 cm³/mol. The van der Waals surface area contributed by atoms with E-state index in [0.717, 1.165) is 0 Å². The lowest BCUT2D eigenvalue weighted by Gasteiger charge is -2.09. The Kier molecular flexibility index (Phi) is 5.04. The summed E-state index contributed by atoms with van der Waals surface area (Å²) in [7, 11) is 0. The van der Waals surface area contributed by atoms with E-state index in [-0.39, 0.29) is 0 Å². The fourth-order valence-corrected chi connectivity index (χ4v) is 3.09. The summed E-state index contributed by atoms with van der Waals surface area (Å²) in [6.07, 6.45) is 2.95. The molecule has 2 N–H and O–H groups in total. The topological polar surface area (TPSA) is 84.7 Å². The van der Waals surface area contributed by atoms with Crippen molar-refractivity contribution in [2.24, 2.45) is 0 Å². The second kappa shape index (κ2) is 7.63. The van der Waals surface area contributed by atoms with Gasteiger partial charge in [0.15, 0.2) is 11.5 Å². The van der Waals surface area contributed by atoms with Gasteiger partial charge in [0.1, 0.15) is 6.33 Å². The summed E-state index contributed by atoms with van der Waals surface area (Å²) >= 11 is 18.1. The molecule has 0 aliphatic heterocycles. The molecule has 2 aromatic carbocycles. The number of hydrogen-bond acceptors (Lipinski definition) is 5. The summed E-state index contributed by atoms with van der Waals surface area (Å²) < 4.78 is 1.60. The lowest BCUT2D eigenvalue weighted by Crippen LogP contribution is -2.30. The van der Waals surface area contributed by atoms with Crippen molar-refractivity contribution in [3.05, 3.63) is 75.6 Å². The maximum Gasteiger partial charge on any atom is 0.271 e. The van der Waals surface area contributed by atoms with Crippen LogP contribution in [0.25, 0.3) is 16.7 Å². The Morgan fingerprint density at radius 1 is 0.964 bits per heavy atom. The smallest absolute Gasteiger partial charge is 0.271 e. The molecule has 0 saturated heterocycles. The normalized spacial score (nSPS) is 10.8. The molecule has 140 valence electrons. The van der Waals surface area contributed by atoms with Gasteiger partial charge < -0.3 is 0 Å². The van der Waals surface area contributed by atoms with Crippen LogP contribution in [0.2, 0.25) is 15.1 Å². The third kappa shape index (κ3) is 3.47. The maximum atomic E-state index is 12.3. The molecule has 10 heteroatoms. The van der Waals surface area contributed by atoms with Crippen molar-refractivity contribution in [1.82, 2.24) is 25.2 Å². The number of fused-ring (bicyclic) bond motifs is 1. The van der Waals surface area contributed by atoms with E-state index >= 15 is 0 Å². The highest BCUT2D eigenvalue weighted by atomic mass is 35.5. The first kappa shape index (κ1) is 18.5. The standard InChI is InChI=1S/C18H11Cl3N6O/c19-13-4-2-1-3-11(13)18(28)26-25-16-12-8-24-27(17(12)23-9-22-16)10-5-6-14(20)15(21)7-10/h1-9H,(H,26,28)(H,22,23,25). The molecule has 2 aromatic heterocycles. The van der Waals surface area contributed by atoms with Crippen LogP contribution in [-0.4, -0.2) is 25.7 Å². The minimum Gasteiger partial charge on any atom is -0.281 e. The molecule has 28 heavy (non-hydrogen) atoms. The van der Waals surface area contributed by atoms with Gasteiger partial charge in [0.2, 0.25) is 0 Å². The summed E-state index contributed by atoms with van der Waals surface area (Å²) in [6.45, 7) is 0. The minimum absolute atomic E-state index is 0.341. The van der Waals surface area contributed by atoms with Crippen LogP contribution in [0.1, 0.15) is 10.4 Å². The summed E-state index contributed by atoms with van der Waals surface area (Å²) in [5.41, 5.74) is 6.92. The second-order valence-corrected chi connectivity index (χ2v) is 6.89. The van der Waals surface area contributed by atoms with Crippen molar-refractivity contribution < 1.29 is 4.79 Å². The molecule has 0 unspecified atom stereocenters. The summed E-state index contributed by atoms with van der Waals surface area (Å²) in [5, 5.41) is 6.14. The van der Waals surface area contributed by atoms with Gasteiger partial charge in [0, 0.05) is 0 Å². The van der Waals surface area contributed by atoms with E-state index in [9.17, 15) is 4.79 Å². The minimum atomic E-state index is -0.394. The number of hydrazine groups is 1. The molecule has 0 aliphatic carbocycles. The molecule has 0 saturated carbocycles. The fourth-order valence-electron chi connectivity index (χ4n) is 2.58. The zero-order chi connectivity index (χ0) is 19.7. The third-order valence-electron chi connectivity index (χ3n) is 3.93. The number of nitrogens with one attached hydrogen (secondary N) is 2. The van der Waals surface area contributed by atoms with Crippen LogP contribution >= 0.6 is 34.8 Å². The van der Waals surface area contributed by atoms with Crippen molar-refractivity contribution in [3.63, 3.8) is 0 Å². The zero-order valence-electron chi connectivity index (χ0n) is 14.0. The predicted octanol–water partition coefficient (Wildman–Crippen LogP) is 4.53. The molecule has 0 bridgehead atoms. The highest BCUT2D eigenvalue weighted by Gasteiger charge is 2.14. The SMILES string of the molecule is O=C(NNc1ncnc2c1cnn2-c1ccc(Cl)c(Cl)c1)c1ccccc1Cl. The first-order chi connectivity index (χ1) is 13.5. The first-order valence-electron chi connectivity index (χ1n) is 7.99. The van der Waals surface area contributed by atoms with Gasteiger partial charge in [-0.25, -0.2) is 14.6 Å². The second-order valence-electron chi connectivity index (χ2n) is 5.67. The largest absolute Gasteiger partial charge is 0.281 e. The van der Waals surface area contributed by atoms with Gasteiger partial charge in [0.05, 0.1) is 37.9 Å². The summed E-state index contributed by atoms with van der Waals surface area (Å²) in [4.78, 5) is 20.8. The van der Waals surface area contributed by atoms with E-state index in [1.165, 1.54) is 6.33 Å². The van der Waals surface area contributed by atoms with E-state index in [2.05, 4.69) is 25.9 Å². The molecule has 7 nitrogen and oxygen atoms in total. The van der Waals surface area contributed by atoms with Crippen LogP contribution in [-0.2, 0) is 0 Å². The highest BCUT2D eigenvalue weighted by Crippen LogP contribution is 2.27. The molecule has 4 rings (SSSR count). The van der Waals surface area contributed by atoms with Gasteiger partial charge >= 0.3 is 0 Å². The average molecular weight is 434 g/mol. The van der Waals surface area contributed by atoms with Gasteiger partial charge in [0.25, 0.3) is 5.91 Å². The first-order valence-corrected chi connectivity index (χ1v) is 9.13. The molecule has 0 aliphatic rings. The number of carbonyl (C=O) groups is 1. The fraction of sp³-hybridized carbons (Fsp3) is 0. The Hall–Kier alpha value is -2.87. The van der Waals surface area contributed by atoms with Crippen molar-refractivity contribution in [2.45, 2.75) is 0 Å². The molecule has 1 amide bonds. The van der Waals surface area contributed by atoms with E-state index in [0.29, 0.717) is 43.2 Å². The van der Waals surface area contributed by atoms with Gasteiger partial charge in [-0.1, -0.05) is 46.9 Å². The van der Waals surface area contributed by atoms with E-state index in [1.807, 2.05) is 0 Å². The summed E-state index contributed by atoms with van der Waals surface area (Å²) in [6, 6.07) is 11.9. The molecule has 0 fully saturated rings. The van der Waals surface area contributed by atoms with Crippen molar-refractivity contribution in [3.8, 4) is 5.69 Å². The van der Waals surface area contributed by atoms with Crippen LogP contribution < -0.4 is 10.9 Å². The third-order valence-corrected chi connectivity index (χ3v) is 5.00. The molecule has 4 aromatic rings. The quantitative estimate of drug-likeness (QED) is 0.462. The zero-order valence-corrected chi connectivity index (χ0v) is 16.3. The van der Waals surface area contributed by atoms with Crippen LogP contribution in [0.15, 0.2) is 55.0 Å². The summed E-state index contributed by atoms with van der Waals surface area (Å²) in [5.74, 6) is -0.00838. The number of rotatable bonds is 4. The molecular formula is C18H11Cl3N6O. The number of nitrogens with zero attached hydrogens (tertiary/aromatic N) is 4. The van der Waals surface area contributed by atoms with Crippen molar-refractivity contribution in [1.29, 1.82) is 0 Å². The number of amides is 1. The van der Waals surface area contributed by atoms with Crippen molar-refractivity contribution >= 4 is 57.6 Å². The lowest BCUT2D eigenvalue weighted by atomic mass is 10.2. The van der Waals surface area contributed by atoms with Gasteiger partial charge in [-0.2, -0.15) is 5.10 Å². The number of aromatic nitrogens is 4. The highest BCUT2D eigenvalue weighted by molar-refractivity contribution is 6.42. The van der Waals surface area contributed by atoms with Crippen LogP contribution in [0.5, 0.6) is 0 Å². The van der Waals surface area contributed by atoms with Crippen LogP contribution in [0.3, 0.4) is 0 Å². The maximum absolute atomic E-state index is 12.3. The molecule has 0 radical (unpaired) electrons. The average Bonchev–Trinajstić information content (AvgIpc) is 3.13. The Labute approximate surface area is 174 Å². The number of hydrogen-bond donors (Lipinski definition) is 2. The van der Waals surface area contributed by atoms with E-state index in [1.54, 1.807) is 53.3 Å². The Bertz CT molecular complexity index is 1190. The van der Waals surface area contributed by atoms with Gasteiger partial charge in [-0.05, 0) is 30.3 Å². The van der Waals surface area contributed by atoms with Crippen LogP contribution in [0.4, 0.5) is 5.82 Å². The molecule has 2 heterocycles. The van der Waals surface area contributed by atoms with Crippen LogP contribution in [0, 0.1) is 0 Å². The molecule has 0 spiro atoms. The number of halogens is 3.